The van der Waals surface area contributed by atoms with E-state index in [0.29, 0.717) is 34.2 Å². The summed E-state index contributed by atoms with van der Waals surface area (Å²) in [5.74, 6) is 0.343. The molecule has 2 aromatic rings. The van der Waals surface area contributed by atoms with Gasteiger partial charge in [0.25, 0.3) is 11.8 Å². The number of hydrogen-bond donors (Lipinski definition) is 1. The van der Waals surface area contributed by atoms with Crippen LogP contribution in [0.5, 0.6) is 0 Å². The number of nitrogens with zero attached hydrogens (tertiary/aromatic N) is 3. The van der Waals surface area contributed by atoms with Crippen molar-refractivity contribution in [2.24, 2.45) is 5.92 Å². The van der Waals surface area contributed by atoms with Gasteiger partial charge in [0, 0.05) is 30.6 Å². The van der Waals surface area contributed by atoms with E-state index in [2.05, 4.69) is 22.1 Å². The van der Waals surface area contributed by atoms with Crippen molar-refractivity contribution < 1.29 is 14.0 Å². The minimum absolute atomic E-state index is 0.0213. The number of hydrogen-bond acceptors (Lipinski definition) is 5. The van der Waals surface area contributed by atoms with Gasteiger partial charge < -0.3 is 14.6 Å². The lowest BCUT2D eigenvalue weighted by molar-refractivity contribution is 0.0216. The molecule has 4 aliphatic heterocycles. The van der Waals surface area contributed by atoms with E-state index in [1.54, 1.807) is 12.3 Å². The molecule has 6 rings (SSSR count). The van der Waals surface area contributed by atoms with Gasteiger partial charge in [0.15, 0.2) is 5.58 Å². The first-order valence-corrected chi connectivity index (χ1v) is 10.8. The van der Waals surface area contributed by atoms with Crippen molar-refractivity contribution in [1.29, 1.82) is 0 Å². The van der Waals surface area contributed by atoms with Crippen LogP contribution < -0.4 is 5.32 Å². The smallest absolute Gasteiger partial charge is 0.270 e. The number of rotatable bonds is 3. The lowest BCUT2D eigenvalue weighted by atomic mass is 9.79. The topological polar surface area (TPSA) is 78.7 Å². The molecule has 4 fully saturated rings. The highest BCUT2D eigenvalue weighted by atomic mass is 16.3. The zero-order chi connectivity index (χ0) is 20.0. The molecule has 29 heavy (non-hydrogen) atoms. The predicted octanol–water partition coefficient (Wildman–Crippen LogP) is 2.67. The maximum atomic E-state index is 13.0. The zero-order valence-electron chi connectivity index (χ0n) is 16.9. The Bertz CT molecular complexity index is 923. The predicted molar refractivity (Wildman–Crippen MR) is 109 cm³/mol. The van der Waals surface area contributed by atoms with E-state index in [1.807, 2.05) is 4.90 Å². The Kier molecular flexibility index (Phi) is 4.78. The van der Waals surface area contributed by atoms with Crippen molar-refractivity contribution >= 4 is 22.8 Å². The van der Waals surface area contributed by atoms with E-state index in [0.717, 1.165) is 51.9 Å². The van der Waals surface area contributed by atoms with Crippen LogP contribution in [0.1, 0.15) is 59.9 Å². The van der Waals surface area contributed by atoms with Crippen LogP contribution in [-0.4, -0.2) is 64.9 Å². The molecular weight excluding hydrogens is 368 g/mol. The minimum atomic E-state index is -0.171. The molecule has 2 amide bonds. The number of pyridine rings is 1. The summed E-state index contributed by atoms with van der Waals surface area (Å²) in [6.45, 7) is 6.00. The molecule has 7 nitrogen and oxygen atoms in total. The van der Waals surface area contributed by atoms with Crippen LogP contribution in [0.25, 0.3) is 11.0 Å². The number of piperidine rings is 4. The average Bonchev–Trinajstić information content (AvgIpc) is 3.20. The van der Waals surface area contributed by atoms with Crippen LogP contribution in [0.2, 0.25) is 0 Å². The number of furan rings is 1. The molecule has 0 aliphatic carbocycles. The van der Waals surface area contributed by atoms with Crippen molar-refractivity contribution in [2.45, 2.75) is 51.1 Å². The number of aromatic nitrogens is 1. The Hall–Kier alpha value is -2.41. The summed E-state index contributed by atoms with van der Waals surface area (Å²) in [5, 5.41) is 3.89. The second kappa shape index (κ2) is 7.44. The van der Waals surface area contributed by atoms with Crippen molar-refractivity contribution in [3.63, 3.8) is 0 Å². The molecule has 0 unspecified atom stereocenters. The molecule has 2 aromatic heterocycles. The van der Waals surface area contributed by atoms with Gasteiger partial charge >= 0.3 is 0 Å². The molecule has 154 valence electrons. The number of amides is 2. The van der Waals surface area contributed by atoms with Crippen molar-refractivity contribution in [3.05, 3.63) is 29.8 Å². The Morgan fingerprint density at radius 1 is 1.14 bits per heavy atom. The summed E-state index contributed by atoms with van der Waals surface area (Å²) >= 11 is 0. The first-order valence-electron chi connectivity index (χ1n) is 10.8. The lowest BCUT2D eigenvalue weighted by Crippen LogP contribution is -2.62. The molecule has 0 spiro atoms. The van der Waals surface area contributed by atoms with Crippen molar-refractivity contribution in [2.75, 3.05) is 26.2 Å². The summed E-state index contributed by atoms with van der Waals surface area (Å²) in [7, 11) is 0. The number of nitrogens with one attached hydrogen (secondary N) is 1. The highest BCUT2D eigenvalue weighted by Gasteiger charge is 2.40. The van der Waals surface area contributed by atoms with Gasteiger partial charge in [-0.15, -0.1) is 0 Å². The van der Waals surface area contributed by atoms with Crippen LogP contribution in [0.4, 0.5) is 0 Å². The highest BCUT2D eigenvalue weighted by molar-refractivity contribution is 6.07. The largest absolute Gasteiger partial charge is 0.462 e. The fourth-order valence-corrected chi connectivity index (χ4v) is 5.26. The summed E-state index contributed by atoms with van der Waals surface area (Å²) in [5.41, 5.74) is 1.41. The molecule has 6 heterocycles. The first-order chi connectivity index (χ1) is 14.1. The monoisotopic (exact) mass is 396 g/mol. The van der Waals surface area contributed by atoms with Crippen molar-refractivity contribution in [1.82, 2.24) is 20.1 Å². The van der Waals surface area contributed by atoms with Crippen LogP contribution in [0, 0.1) is 5.92 Å². The van der Waals surface area contributed by atoms with E-state index in [1.165, 1.54) is 12.7 Å². The summed E-state index contributed by atoms with van der Waals surface area (Å²) in [4.78, 5) is 34.5. The Morgan fingerprint density at radius 2 is 1.90 bits per heavy atom. The molecule has 4 saturated heterocycles. The highest BCUT2D eigenvalue weighted by Crippen LogP contribution is 2.32. The standard InChI is InChI=1S/C22H28N4O3/c1-14-20(15-5-9-25(14)10-6-15)24-21(27)18-11-16-17(13-29-19(16)12-23-18)22(28)26-7-3-2-4-8-26/h11-15,20H,2-10H2,1H3,(H,24,27)/t14-,20-/m0/s1. The molecule has 4 aliphatic rings. The number of carbonyl (C=O) groups excluding carboxylic acids is 2. The van der Waals surface area contributed by atoms with E-state index in [9.17, 15) is 9.59 Å². The van der Waals surface area contributed by atoms with Gasteiger partial charge in [-0.2, -0.15) is 0 Å². The van der Waals surface area contributed by atoms with Crippen molar-refractivity contribution in [3.8, 4) is 0 Å². The van der Waals surface area contributed by atoms with Crippen LogP contribution in [-0.2, 0) is 0 Å². The second-order valence-corrected chi connectivity index (χ2v) is 8.68. The SMILES string of the molecule is C[C@H]1[C@H](NC(=O)c2cc3c(C(=O)N4CCCCC4)coc3cn2)C2CCN1CC2. The Balaban J connectivity index is 1.38. The van der Waals surface area contributed by atoms with Gasteiger partial charge in [0.2, 0.25) is 0 Å². The third-order valence-corrected chi connectivity index (χ3v) is 7.04. The Morgan fingerprint density at radius 3 is 2.62 bits per heavy atom. The van der Waals surface area contributed by atoms with Gasteiger partial charge in [-0.25, -0.2) is 4.98 Å². The van der Waals surface area contributed by atoms with Crippen LogP contribution in [0.15, 0.2) is 22.9 Å². The molecule has 0 saturated carbocycles. The molecule has 0 aromatic carbocycles. The molecule has 2 atom stereocenters. The van der Waals surface area contributed by atoms with Crippen LogP contribution >= 0.6 is 0 Å². The minimum Gasteiger partial charge on any atom is -0.462 e. The van der Waals surface area contributed by atoms with Gasteiger partial charge in [-0.05, 0) is 64.1 Å². The van der Waals surface area contributed by atoms with Gasteiger partial charge in [-0.3, -0.25) is 14.5 Å². The van der Waals surface area contributed by atoms with E-state index < -0.39 is 0 Å². The van der Waals surface area contributed by atoms with E-state index in [4.69, 9.17) is 4.42 Å². The normalized spacial score (nSPS) is 29.2. The number of fused-ring (bicyclic) bond motifs is 4. The van der Waals surface area contributed by atoms with Crippen LogP contribution in [0.3, 0.4) is 0 Å². The van der Waals surface area contributed by atoms with Gasteiger partial charge in [0.1, 0.15) is 12.0 Å². The second-order valence-electron chi connectivity index (χ2n) is 8.68. The van der Waals surface area contributed by atoms with E-state index in [-0.39, 0.29) is 17.9 Å². The lowest BCUT2D eigenvalue weighted by Gasteiger charge is -2.49. The summed E-state index contributed by atoms with van der Waals surface area (Å²) in [6.07, 6.45) is 8.57. The maximum absolute atomic E-state index is 13.0. The third-order valence-electron chi connectivity index (χ3n) is 7.04. The Labute approximate surface area is 170 Å². The zero-order valence-corrected chi connectivity index (χ0v) is 16.9. The van der Waals surface area contributed by atoms with E-state index >= 15 is 0 Å². The average molecular weight is 396 g/mol. The fourth-order valence-electron chi connectivity index (χ4n) is 5.26. The summed E-state index contributed by atoms with van der Waals surface area (Å²) in [6, 6.07) is 2.21. The quantitative estimate of drug-likeness (QED) is 0.863. The third kappa shape index (κ3) is 3.31. The molecule has 1 N–H and O–H groups in total. The number of likely N-dealkylation sites (tertiary alicyclic amines) is 1. The van der Waals surface area contributed by atoms with Gasteiger partial charge in [-0.1, -0.05) is 0 Å². The van der Waals surface area contributed by atoms with Gasteiger partial charge in [0.05, 0.1) is 11.8 Å². The first kappa shape index (κ1) is 18.6. The molecule has 7 heteroatoms. The fraction of sp³-hybridized carbons (Fsp3) is 0.591. The molecule has 2 bridgehead atoms. The summed E-state index contributed by atoms with van der Waals surface area (Å²) < 4.78 is 5.55. The molecular formula is C22H28N4O3. The number of carbonyl (C=O) groups is 2. The maximum Gasteiger partial charge on any atom is 0.270 e. The molecule has 0 radical (unpaired) electrons.